The zero-order chi connectivity index (χ0) is 22.2. The quantitative estimate of drug-likeness (QED) is 0.304. The Hall–Kier alpha value is -3.71. The topological polar surface area (TPSA) is 91.7 Å². The van der Waals surface area contributed by atoms with Gasteiger partial charge in [0.15, 0.2) is 11.5 Å². The van der Waals surface area contributed by atoms with Crippen LogP contribution in [0.3, 0.4) is 0 Å². The van der Waals surface area contributed by atoms with E-state index in [1.165, 1.54) is 0 Å². The monoisotopic (exact) mass is 418 g/mol. The number of fused-ring (bicyclic) bond motifs is 1. The highest BCUT2D eigenvalue weighted by atomic mass is 16.5. The summed E-state index contributed by atoms with van der Waals surface area (Å²) in [5, 5.41) is 8.44. The van der Waals surface area contributed by atoms with Crippen molar-refractivity contribution in [1.29, 1.82) is 0 Å². The fraction of sp³-hybridized carbons (Fsp3) is 0.208. The van der Waals surface area contributed by atoms with E-state index in [4.69, 9.17) is 15.2 Å². The number of hydrogen-bond acceptors (Lipinski definition) is 6. The fourth-order valence-corrected chi connectivity index (χ4v) is 3.14. The van der Waals surface area contributed by atoms with Crippen molar-refractivity contribution in [2.45, 2.75) is 26.5 Å². The van der Waals surface area contributed by atoms with Gasteiger partial charge in [0.1, 0.15) is 12.4 Å². The number of ether oxygens (including phenoxy) is 2. The first-order valence-electron chi connectivity index (χ1n) is 9.99. The summed E-state index contributed by atoms with van der Waals surface area (Å²) in [5.74, 6) is 0.718. The van der Waals surface area contributed by atoms with E-state index in [1.807, 2.05) is 40.9 Å². The summed E-state index contributed by atoms with van der Waals surface area (Å²) in [6.45, 7) is 10.2. The zero-order valence-corrected chi connectivity index (χ0v) is 17.6. The molecule has 2 N–H and O–H groups in total. The molecule has 0 fully saturated rings. The molecule has 0 saturated carbocycles. The molecular weight excluding hydrogens is 392 g/mol. The molecule has 2 heterocycles. The molecular formula is C24H26N4O3. The summed E-state index contributed by atoms with van der Waals surface area (Å²) in [6.07, 6.45) is 5.14. The number of allylic oxidation sites excluding steroid dienone is 2. The molecule has 1 aromatic carbocycles. The van der Waals surface area contributed by atoms with Crippen molar-refractivity contribution in [3.05, 3.63) is 90.6 Å². The van der Waals surface area contributed by atoms with Gasteiger partial charge in [-0.1, -0.05) is 37.4 Å². The molecule has 2 aromatic heterocycles. The average Bonchev–Trinajstić information content (AvgIpc) is 3.21. The lowest BCUT2D eigenvalue weighted by Gasteiger charge is -2.11. The minimum absolute atomic E-state index is 0.0565. The number of carbonyl (C=O) groups is 1. The zero-order valence-electron chi connectivity index (χ0n) is 17.6. The second-order valence-corrected chi connectivity index (χ2v) is 6.73. The highest BCUT2D eigenvalue weighted by molar-refractivity contribution is 5.73. The molecule has 31 heavy (non-hydrogen) atoms. The van der Waals surface area contributed by atoms with Gasteiger partial charge in [-0.15, -0.1) is 10.2 Å². The first-order valence-corrected chi connectivity index (χ1v) is 9.99. The molecule has 7 nitrogen and oxygen atoms in total. The Kier molecular flexibility index (Phi) is 7.35. The van der Waals surface area contributed by atoms with E-state index < -0.39 is 0 Å². The smallest absolute Gasteiger partial charge is 0.310 e. The molecule has 7 heteroatoms. The largest absolute Gasteiger partial charge is 0.485 e. The summed E-state index contributed by atoms with van der Waals surface area (Å²) in [6, 6.07) is 12.0. The predicted molar refractivity (Wildman–Crippen MR) is 120 cm³/mol. The Labute approximate surface area is 181 Å². The normalized spacial score (nSPS) is 11.7. The van der Waals surface area contributed by atoms with Gasteiger partial charge in [-0.2, -0.15) is 0 Å². The summed E-state index contributed by atoms with van der Waals surface area (Å²) < 4.78 is 12.8. The maximum Gasteiger partial charge on any atom is 0.310 e. The lowest BCUT2D eigenvalue weighted by atomic mass is 10.0. The second kappa shape index (κ2) is 10.4. The summed E-state index contributed by atoms with van der Waals surface area (Å²) in [4.78, 5) is 11.8. The van der Waals surface area contributed by atoms with Crippen LogP contribution in [0.15, 0.2) is 79.2 Å². The van der Waals surface area contributed by atoms with Crippen molar-refractivity contribution in [2.75, 3.05) is 6.61 Å². The molecule has 160 valence electrons. The van der Waals surface area contributed by atoms with E-state index in [0.29, 0.717) is 36.0 Å². The maximum atomic E-state index is 11.8. The van der Waals surface area contributed by atoms with Gasteiger partial charge < -0.3 is 15.2 Å². The minimum Gasteiger partial charge on any atom is -0.485 e. The molecule has 3 aromatic rings. The van der Waals surface area contributed by atoms with Crippen LogP contribution in [0.2, 0.25) is 0 Å². The molecule has 0 aliphatic rings. The molecule has 0 atom stereocenters. The number of nitrogens with zero attached hydrogens (tertiary/aromatic N) is 3. The van der Waals surface area contributed by atoms with Gasteiger partial charge in [-0.3, -0.25) is 9.20 Å². The Morgan fingerprint density at radius 3 is 2.68 bits per heavy atom. The van der Waals surface area contributed by atoms with Gasteiger partial charge in [0.25, 0.3) is 0 Å². The van der Waals surface area contributed by atoms with Crippen molar-refractivity contribution < 1.29 is 14.3 Å². The highest BCUT2D eigenvalue weighted by Crippen LogP contribution is 2.22. The van der Waals surface area contributed by atoms with Crippen LogP contribution in [-0.4, -0.2) is 27.2 Å². The van der Waals surface area contributed by atoms with Gasteiger partial charge >= 0.3 is 5.97 Å². The first kappa shape index (κ1) is 22.0. The van der Waals surface area contributed by atoms with Crippen LogP contribution < -0.4 is 5.73 Å². The second-order valence-electron chi connectivity index (χ2n) is 6.73. The van der Waals surface area contributed by atoms with Crippen molar-refractivity contribution in [3.63, 3.8) is 0 Å². The fourth-order valence-electron chi connectivity index (χ4n) is 3.14. The van der Waals surface area contributed by atoms with Crippen LogP contribution >= 0.6 is 0 Å². The van der Waals surface area contributed by atoms with Crippen LogP contribution in [-0.2, 0) is 27.4 Å². The molecule has 0 saturated heterocycles. The van der Waals surface area contributed by atoms with Crippen molar-refractivity contribution in [1.82, 2.24) is 14.6 Å². The SMILES string of the molecule is C=C/C(CC(=O)OCC)=C(\C=C)OCc1nnc2ccc(-c3cccc(CN)c3)cn12. The van der Waals surface area contributed by atoms with Crippen molar-refractivity contribution in [2.24, 2.45) is 5.73 Å². The maximum absolute atomic E-state index is 11.8. The van der Waals surface area contributed by atoms with Gasteiger partial charge in [-0.25, -0.2) is 0 Å². The number of nitrogens with two attached hydrogens (primary N) is 1. The van der Waals surface area contributed by atoms with Crippen molar-refractivity contribution >= 4 is 11.6 Å². The predicted octanol–water partition coefficient (Wildman–Crippen LogP) is 3.95. The Morgan fingerprint density at radius 1 is 1.13 bits per heavy atom. The van der Waals surface area contributed by atoms with Gasteiger partial charge in [0.05, 0.1) is 13.0 Å². The van der Waals surface area contributed by atoms with Crippen molar-refractivity contribution in [3.8, 4) is 11.1 Å². The van der Waals surface area contributed by atoms with E-state index in [9.17, 15) is 4.79 Å². The first-order chi connectivity index (χ1) is 15.1. The highest BCUT2D eigenvalue weighted by Gasteiger charge is 2.12. The Balaban J connectivity index is 1.85. The number of esters is 1. The van der Waals surface area contributed by atoms with Crippen LogP contribution in [0.5, 0.6) is 0 Å². The molecule has 0 amide bonds. The number of benzene rings is 1. The number of rotatable bonds is 10. The van der Waals surface area contributed by atoms with Crippen LogP contribution in [0.25, 0.3) is 16.8 Å². The van der Waals surface area contributed by atoms with Gasteiger partial charge in [0.2, 0.25) is 0 Å². The van der Waals surface area contributed by atoms with E-state index in [0.717, 1.165) is 16.7 Å². The molecule has 0 unspecified atom stereocenters. The van der Waals surface area contributed by atoms with E-state index in [-0.39, 0.29) is 19.0 Å². The Morgan fingerprint density at radius 2 is 1.97 bits per heavy atom. The lowest BCUT2D eigenvalue weighted by Crippen LogP contribution is -2.07. The van der Waals surface area contributed by atoms with Gasteiger partial charge in [0, 0.05) is 18.3 Å². The van der Waals surface area contributed by atoms with E-state index in [1.54, 1.807) is 19.1 Å². The summed E-state index contributed by atoms with van der Waals surface area (Å²) in [5.41, 5.74) is 10.2. The van der Waals surface area contributed by atoms with E-state index >= 15 is 0 Å². The minimum atomic E-state index is -0.349. The number of carbonyl (C=O) groups excluding carboxylic acids is 1. The Bertz CT molecular complexity index is 1130. The number of hydrogen-bond donors (Lipinski definition) is 1. The summed E-state index contributed by atoms with van der Waals surface area (Å²) in [7, 11) is 0. The van der Waals surface area contributed by atoms with Crippen LogP contribution in [0.1, 0.15) is 24.7 Å². The molecule has 0 spiro atoms. The third kappa shape index (κ3) is 5.26. The molecule has 0 bridgehead atoms. The third-order valence-electron chi connectivity index (χ3n) is 4.71. The van der Waals surface area contributed by atoms with Gasteiger partial charge in [-0.05, 0) is 47.9 Å². The molecule has 0 radical (unpaired) electrons. The number of pyridine rings is 1. The average molecular weight is 418 g/mol. The lowest BCUT2D eigenvalue weighted by molar-refractivity contribution is -0.142. The van der Waals surface area contributed by atoms with E-state index in [2.05, 4.69) is 29.4 Å². The molecule has 3 rings (SSSR count). The number of aromatic nitrogens is 3. The van der Waals surface area contributed by atoms with Crippen LogP contribution in [0, 0.1) is 0 Å². The molecule has 0 aliphatic carbocycles. The molecule has 0 aliphatic heterocycles. The standard InChI is InChI=1S/C24H26N4O3/c1-4-18(13-24(29)30-6-3)21(5-2)31-16-23-27-26-22-11-10-20(15-28(22)23)19-9-7-8-17(12-19)14-25/h4-5,7-12,15H,1-2,6,13-14,16,25H2,3H3/b21-18-. The van der Waals surface area contributed by atoms with Crippen LogP contribution in [0.4, 0.5) is 0 Å². The summed E-state index contributed by atoms with van der Waals surface area (Å²) >= 11 is 0. The third-order valence-corrected chi connectivity index (χ3v) is 4.71.